The zero-order valence-electron chi connectivity index (χ0n) is 18.8. The number of benzene rings is 2. The van der Waals surface area contributed by atoms with Crippen LogP contribution in [0.15, 0.2) is 54.6 Å². The molecule has 1 atom stereocenters. The number of amides is 1. The van der Waals surface area contributed by atoms with Crippen LogP contribution in [-0.2, 0) is 11.3 Å². The largest absolute Gasteiger partial charge is 0.508 e. The van der Waals surface area contributed by atoms with Crippen molar-refractivity contribution in [3.63, 3.8) is 0 Å². The lowest BCUT2D eigenvalue weighted by atomic mass is 9.74. The van der Waals surface area contributed by atoms with E-state index in [1.54, 1.807) is 12.1 Å². The molecular formula is C25H26F3N3O4. The van der Waals surface area contributed by atoms with Gasteiger partial charge in [-0.2, -0.15) is 13.2 Å². The molecule has 2 fully saturated rings. The normalized spacial score (nSPS) is 19.1. The van der Waals surface area contributed by atoms with Gasteiger partial charge in [-0.15, -0.1) is 0 Å². The molecule has 3 aromatic rings. The van der Waals surface area contributed by atoms with Crippen molar-refractivity contribution in [3.05, 3.63) is 65.9 Å². The van der Waals surface area contributed by atoms with Gasteiger partial charge in [0.15, 0.2) is 0 Å². The second-order valence-corrected chi connectivity index (χ2v) is 9.08. The van der Waals surface area contributed by atoms with Crippen LogP contribution in [0, 0.1) is 0 Å². The van der Waals surface area contributed by atoms with Gasteiger partial charge < -0.3 is 20.5 Å². The molecule has 186 valence electrons. The molecule has 10 heteroatoms. The average molecular weight is 489 g/mol. The number of carbonyl (C=O) groups excluding carboxylic acids is 1. The number of aliphatic carboxylic acids is 1. The maximum Gasteiger partial charge on any atom is 0.490 e. The van der Waals surface area contributed by atoms with Crippen molar-refractivity contribution in [3.8, 4) is 5.75 Å². The second-order valence-electron chi connectivity index (χ2n) is 9.08. The number of aromatic amines is 1. The van der Waals surface area contributed by atoms with Crippen molar-refractivity contribution in [1.29, 1.82) is 0 Å². The molecule has 7 nitrogen and oxygen atoms in total. The molecule has 2 aliphatic rings. The van der Waals surface area contributed by atoms with Crippen LogP contribution in [0.25, 0.3) is 10.9 Å². The molecule has 1 amide bonds. The fourth-order valence-electron chi connectivity index (χ4n) is 4.85. The van der Waals surface area contributed by atoms with Gasteiger partial charge in [0.05, 0.1) is 0 Å². The molecule has 0 radical (unpaired) electrons. The molecule has 1 aromatic heterocycles. The zero-order valence-corrected chi connectivity index (χ0v) is 18.8. The molecule has 1 unspecified atom stereocenters. The SMILES string of the molecule is O=C(NC1CN(Cc2ccccc2)C2(CCC2)C1)c1cc2ccc(O)cc2[nH]1.O=C(O)C(F)(F)F. The number of phenolic OH excluding ortho intramolecular Hbond substituents is 1. The van der Waals surface area contributed by atoms with Gasteiger partial charge in [-0.05, 0) is 49.4 Å². The lowest BCUT2D eigenvalue weighted by Crippen LogP contribution is -2.48. The van der Waals surface area contributed by atoms with E-state index in [9.17, 15) is 23.1 Å². The molecule has 1 aliphatic carbocycles. The van der Waals surface area contributed by atoms with Gasteiger partial charge in [0.1, 0.15) is 11.4 Å². The van der Waals surface area contributed by atoms with Gasteiger partial charge in [0, 0.05) is 41.6 Å². The number of H-pyrrole nitrogens is 1. The molecule has 2 aromatic carbocycles. The van der Waals surface area contributed by atoms with Crippen molar-refractivity contribution in [2.75, 3.05) is 6.54 Å². The summed E-state index contributed by atoms with van der Waals surface area (Å²) in [6.45, 7) is 1.83. The van der Waals surface area contributed by atoms with E-state index in [4.69, 9.17) is 9.90 Å². The Balaban J connectivity index is 0.000000364. The number of aromatic hydroxyl groups is 1. The van der Waals surface area contributed by atoms with Crippen LogP contribution in [-0.4, -0.2) is 56.3 Å². The fraction of sp³-hybridized carbons (Fsp3) is 0.360. The number of halogens is 3. The minimum Gasteiger partial charge on any atom is -0.508 e. The molecule has 35 heavy (non-hydrogen) atoms. The Bertz CT molecular complexity index is 1210. The second kappa shape index (κ2) is 9.61. The number of fused-ring (bicyclic) bond motifs is 1. The maximum absolute atomic E-state index is 12.8. The third-order valence-corrected chi connectivity index (χ3v) is 6.67. The van der Waals surface area contributed by atoms with E-state index in [2.05, 4.69) is 45.5 Å². The van der Waals surface area contributed by atoms with Gasteiger partial charge in [0.2, 0.25) is 0 Å². The predicted octanol–water partition coefficient (Wildman–Crippen LogP) is 4.43. The Hall–Kier alpha value is -3.53. The van der Waals surface area contributed by atoms with Crippen molar-refractivity contribution in [1.82, 2.24) is 15.2 Å². The van der Waals surface area contributed by atoms with Gasteiger partial charge in [0.25, 0.3) is 5.91 Å². The molecule has 0 bridgehead atoms. The van der Waals surface area contributed by atoms with Crippen molar-refractivity contribution in [2.45, 2.75) is 50.0 Å². The highest BCUT2D eigenvalue weighted by Gasteiger charge is 2.49. The summed E-state index contributed by atoms with van der Waals surface area (Å²) in [4.78, 5) is 27.4. The lowest BCUT2D eigenvalue weighted by Gasteiger charge is -2.46. The number of hydrogen-bond donors (Lipinski definition) is 4. The lowest BCUT2D eigenvalue weighted by molar-refractivity contribution is -0.192. The molecule has 2 heterocycles. The maximum atomic E-state index is 12.8. The first kappa shape index (κ1) is 24.6. The minimum atomic E-state index is -5.08. The van der Waals surface area contributed by atoms with Gasteiger partial charge >= 0.3 is 12.1 Å². The summed E-state index contributed by atoms with van der Waals surface area (Å²) in [5.74, 6) is -2.63. The van der Waals surface area contributed by atoms with E-state index in [-0.39, 0.29) is 23.2 Å². The highest BCUT2D eigenvalue weighted by atomic mass is 19.4. The quantitative estimate of drug-likeness (QED) is 0.434. The summed E-state index contributed by atoms with van der Waals surface area (Å²) in [7, 11) is 0. The topological polar surface area (TPSA) is 106 Å². The molecular weight excluding hydrogens is 463 g/mol. The summed E-state index contributed by atoms with van der Waals surface area (Å²) < 4.78 is 31.7. The van der Waals surface area contributed by atoms with Crippen LogP contribution < -0.4 is 5.32 Å². The van der Waals surface area contributed by atoms with Gasteiger partial charge in [-0.3, -0.25) is 9.69 Å². The molecule has 4 N–H and O–H groups in total. The number of carbonyl (C=O) groups is 2. The predicted molar refractivity (Wildman–Crippen MR) is 123 cm³/mol. The highest BCUT2D eigenvalue weighted by Crippen LogP contribution is 2.46. The summed E-state index contributed by atoms with van der Waals surface area (Å²) >= 11 is 0. The van der Waals surface area contributed by atoms with Crippen molar-refractivity contribution < 1.29 is 33.0 Å². The van der Waals surface area contributed by atoms with Gasteiger partial charge in [-0.25, -0.2) is 4.79 Å². The van der Waals surface area contributed by atoms with Crippen LogP contribution in [0.1, 0.15) is 41.7 Å². The first-order valence-electron chi connectivity index (χ1n) is 11.3. The summed E-state index contributed by atoms with van der Waals surface area (Å²) in [5.41, 5.74) is 2.90. The minimum absolute atomic E-state index is 0.0725. The number of rotatable bonds is 4. The van der Waals surface area contributed by atoms with Crippen LogP contribution in [0.4, 0.5) is 13.2 Å². The number of nitrogens with zero attached hydrogens (tertiary/aromatic N) is 1. The Morgan fingerprint density at radius 2 is 1.80 bits per heavy atom. The molecule has 1 aliphatic heterocycles. The first-order chi connectivity index (χ1) is 16.6. The summed E-state index contributed by atoms with van der Waals surface area (Å²) in [6, 6.07) is 17.7. The third-order valence-electron chi connectivity index (χ3n) is 6.67. The van der Waals surface area contributed by atoms with E-state index < -0.39 is 12.1 Å². The third kappa shape index (κ3) is 5.59. The van der Waals surface area contributed by atoms with Crippen molar-refractivity contribution >= 4 is 22.8 Å². The van der Waals surface area contributed by atoms with Crippen LogP contribution in [0.3, 0.4) is 0 Å². The summed E-state index contributed by atoms with van der Waals surface area (Å²) in [5, 5.41) is 20.9. The number of aromatic nitrogens is 1. The number of phenols is 1. The Kier molecular flexibility index (Phi) is 6.75. The number of carboxylic acid groups (broad SMARTS) is 1. The van der Waals surface area contributed by atoms with Crippen LogP contribution in [0.5, 0.6) is 5.75 Å². The first-order valence-corrected chi connectivity index (χ1v) is 11.3. The number of alkyl halides is 3. The Morgan fingerprint density at radius 3 is 2.40 bits per heavy atom. The average Bonchev–Trinajstić information content (AvgIpc) is 3.35. The van der Waals surface area contributed by atoms with Crippen LogP contribution >= 0.6 is 0 Å². The molecule has 1 spiro atoms. The monoisotopic (exact) mass is 489 g/mol. The molecule has 1 saturated carbocycles. The smallest absolute Gasteiger partial charge is 0.490 e. The van der Waals surface area contributed by atoms with Gasteiger partial charge in [-0.1, -0.05) is 30.3 Å². The van der Waals surface area contributed by atoms with E-state index in [1.165, 1.54) is 24.8 Å². The molecule has 5 rings (SSSR count). The van der Waals surface area contributed by atoms with E-state index in [0.29, 0.717) is 5.69 Å². The highest BCUT2D eigenvalue weighted by molar-refractivity contribution is 5.98. The van der Waals surface area contributed by atoms with Crippen LogP contribution in [0.2, 0.25) is 0 Å². The number of likely N-dealkylation sites (tertiary alicyclic amines) is 1. The Morgan fingerprint density at radius 1 is 1.11 bits per heavy atom. The van der Waals surface area contributed by atoms with E-state index >= 15 is 0 Å². The van der Waals surface area contributed by atoms with E-state index in [0.717, 1.165) is 30.4 Å². The number of hydrogen-bond acceptors (Lipinski definition) is 4. The zero-order chi connectivity index (χ0) is 25.2. The van der Waals surface area contributed by atoms with Crippen molar-refractivity contribution in [2.24, 2.45) is 0 Å². The van der Waals surface area contributed by atoms with E-state index in [1.807, 2.05) is 12.1 Å². The molecule has 1 saturated heterocycles. The number of nitrogens with one attached hydrogen (secondary N) is 2. The standard InChI is InChI=1S/C23H25N3O2.C2HF3O2/c27-19-8-7-17-11-21(25-20(17)12-19)22(28)24-18-13-23(9-4-10-23)26(15-18)14-16-5-2-1-3-6-16;3-2(4,5)1(6)7/h1-3,5-8,11-12,18,25,27H,4,9-10,13-15H2,(H,24,28);(H,6,7). The fourth-order valence-corrected chi connectivity index (χ4v) is 4.85. The summed E-state index contributed by atoms with van der Waals surface area (Å²) in [6.07, 6.45) is -0.347. The number of carboxylic acids is 1. The Labute approximate surface area is 199 Å².